The predicted molar refractivity (Wildman–Crippen MR) is 90.3 cm³/mol. The lowest BCUT2D eigenvalue weighted by molar-refractivity contribution is 0.0505. The van der Waals surface area contributed by atoms with Gasteiger partial charge in [-0.05, 0) is 36.8 Å². The van der Waals surface area contributed by atoms with E-state index in [0.29, 0.717) is 28.9 Å². The summed E-state index contributed by atoms with van der Waals surface area (Å²) in [5.74, 6) is -0.413. The summed E-state index contributed by atoms with van der Waals surface area (Å²) >= 11 is 0. The van der Waals surface area contributed by atoms with Gasteiger partial charge in [-0.2, -0.15) is 0 Å². The highest BCUT2D eigenvalue weighted by Crippen LogP contribution is 2.22. The molecule has 1 heterocycles. The molecule has 0 spiro atoms. The van der Waals surface area contributed by atoms with Crippen LogP contribution in [0.15, 0.2) is 54.7 Å². The van der Waals surface area contributed by atoms with Crippen molar-refractivity contribution in [3.05, 3.63) is 65.9 Å². The highest BCUT2D eigenvalue weighted by molar-refractivity contribution is 6.06. The monoisotopic (exact) mass is 323 g/mol. The van der Waals surface area contributed by atoms with Gasteiger partial charge in [0.1, 0.15) is 5.75 Å². The van der Waals surface area contributed by atoms with E-state index in [0.717, 1.165) is 11.9 Å². The number of hydrogen-bond donors (Lipinski definition) is 1. The van der Waals surface area contributed by atoms with E-state index in [-0.39, 0.29) is 0 Å². The highest BCUT2D eigenvalue weighted by Gasteiger charge is 2.16. The number of H-pyrrole nitrogens is 1. The zero-order chi connectivity index (χ0) is 16.9. The summed E-state index contributed by atoms with van der Waals surface area (Å²) in [6.07, 6.45) is 2.34. The Morgan fingerprint density at radius 1 is 1.04 bits per heavy atom. The van der Waals surface area contributed by atoms with Gasteiger partial charge in [0.25, 0.3) is 0 Å². The largest absolute Gasteiger partial charge is 0.462 e. The van der Waals surface area contributed by atoms with Crippen molar-refractivity contribution in [3.8, 4) is 5.75 Å². The van der Waals surface area contributed by atoms with Crippen molar-refractivity contribution in [2.75, 3.05) is 6.61 Å². The van der Waals surface area contributed by atoms with E-state index >= 15 is 0 Å². The van der Waals surface area contributed by atoms with Crippen LogP contribution < -0.4 is 4.74 Å². The molecule has 0 bridgehead atoms. The molecule has 5 nitrogen and oxygen atoms in total. The lowest BCUT2D eigenvalue weighted by Gasteiger charge is -2.05. The van der Waals surface area contributed by atoms with Gasteiger partial charge in [0.05, 0.1) is 17.7 Å². The summed E-state index contributed by atoms with van der Waals surface area (Å²) in [6, 6.07) is 13.9. The third-order valence-electron chi connectivity index (χ3n) is 3.53. The van der Waals surface area contributed by atoms with Crippen LogP contribution in [-0.4, -0.2) is 23.5 Å². The molecule has 0 radical (unpaired) electrons. The Morgan fingerprint density at radius 3 is 2.58 bits per heavy atom. The number of ether oxygens (including phenoxy) is 2. The van der Waals surface area contributed by atoms with Crippen LogP contribution in [0.1, 0.15) is 34.1 Å². The molecule has 0 saturated heterocycles. The summed E-state index contributed by atoms with van der Waals surface area (Å²) in [7, 11) is 0. The molecule has 0 unspecified atom stereocenters. The van der Waals surface area contributed by atoms with E-state index in [2.05, 4.69) is 4.98 Å². The van der Waals surface area contributed by atoms with Gasteiger partial charge in [-0.1, -0.05) is 25.1 Å². The highest BCUT2D eigenvalue weighted by atomic mass is 16.5. The first-order valence-corrected chi connectivity index (χ1v) is 7.74. The Kier molecular flexibility index (Phi) is 4.61. The molecule has 0 aliphatic carbocycles. The Balaban J connectivity index is 1.88. The molecule has 3 rings (SSSR count). The SMILES string of the molecule is CCCOC(=O)c1ccc2[nH]cc(C(=O)Oc3ccccc3)c2c1. The van der Waals surface area contributed by atoms with Gasteiger partial charge in [0, 0.05) is 17.1 Å². The number of carbonyl (C=O) groups is 2. The molecule has 0 atom stereocenters. The molecular formula is C19H17NO4. The third kappa shape index (κ3) is 3.30. The van der Waals surface area contributed by atoms with Gasteiger partial charge >= 0.3 is 11.9 Å². The van der Waals surface area contributed by atoms with Crippen molar-refractivity contribution in [1.29, 1.82) is 0 Å². The lowest BCUT2D eigenvalue weighted by atomic mass is 10.1. The third-order valence-corrected chi connectivity index (χ3v) is 3.53. The molecule has 0 aliphatic rings. The molecule has 0 saturated carbocycles. The number of aromatic nitrogens is 1. The average molecular weight is 323 g/mol. The summed E-state index contributed by atoms with van der Waals surface area (Å²) in [5.41, 5.74) is 1.53. The Labute approximate surface area is 139 Å². The van der Waals surface area contributed by atoms with Crippen LogP contribution in [0.25, 0.3) is 10.9 Å². The van der Waals surface area contributed by atoms with Crippen LogP contribution in [-0.2, 0) is 4.74 Å². The van der Waals surface area contributed by atoms with Gasteiger partial charge in [-0.3, -0.25) is 0 Å². The van der Waals surface area contributed by atoms with Crippen molar-refractivity contribution < 1.29 is 19.1 Å². The number of aromatic amines is 1. The van der Waals surface area contributed by atoms with Gasteiger partial charge in [0.15, 0.2) is 0 Å². The summed E-state index contributed by atoms with van der Waals surface area (Å²) in [5, 5.41) is 0.627. The number of hydrogen-bond acceptors (Lipinski definition) is 4. The number of carbonyl (C=O) groups excluding carboxylic acids is 2. The first-order valence-electron chi connectivity index (χ1n) is 7.74. The number of esters is 2. The summed E-state index contributed by atoms with van der Waals surface area (Å²) in [4.78, 5) is 27.4. The van der Waals surface area contributed by atoms with Gasteiger partial charge in [-0.25, -0.2) is 9.59 Å². The molecule has 0 amide bonds. The van der Waals surface area contributed by atoms with E-state index < -0.39 is 11.9 Å². The molecule has 0 fully saturated rings. The van der Waals surface area contributed by atoms with Crippen LogP contribution in [0.5, 0.6) is 5.75 Å². The van der Waals surface area contributed by atoms with E-state index in [4.69, 9.17) is 9.47 Å². The fourth-order valence-corrected chi connectivity index (χ4v) is 2.35. The van der Waals surface area contributed by atoms with Crippen LogP contribution in [0.2, 0.25) is 0 Å². The zero-order valence-corrected chi connectivity index (χ0v) is 13.2. The maximum Gasteiger partial charge on any atom is 0.345 e. The van der Waals surface area contributed by atoms with E-state index in [1.54, 1.807) is 48.7 Å². The van der Waals surface area contributed by atoms with Gasteiger partial charge < -0.3 is 14.5 Å². The fraction of sp³-hybridized carbons (Fsp3) is 0.158. The molecule has 3 aromatic rings. The van der Waals surface area contributed by atoms with Crippen molar-refractivity contribution >= 4 is 22.8 Å². The molecule has 1 aromatic heterocycles. The van der Waals surface area contributed by atoms with Crippen molar-refractivity contribution in [2.24, 2.45) is 0 Å². The van der Waals surface area contributed by atoms with Crippen molar-refractivity contribution in [3.63, 3.8) is 0 Å². The molecular weight excluding hydrogens is 306 g/mol. The number of rotatable bonds is 5. The van der Waals surface area contributed by atoms with E-state index in [1.165, 1.54) is 0 Å². The number of nitrogens with one attached hydrogen (secondary N) is 1. The first kappa shape index (κ1) is 15.8. The standard InChI is InChI=1S/C19H17NO4/c1-2-10-23-18(21)13-8-9-17-15(11-13)16(12-20-17)19(22)24-14-6-4-3-5-7-14/h3-9,11-12,20H,2,10H2,1H3. The fourth-order valence-electron chi connectivity index (χ4n) is 2.35. The minimum atomic E-state index is -0.480. The van der Waals surface area contributed by atoms with Crippen molar-refractivity contribution in [1.82, 2.24) is 4.98 Å². The van der Waals surface area contributed by atoms with Gasteiger partial charge in [-0.15, -0.1) is 0 Å². The predicted octanol–water partition coefficient (Wildman–Crippen LogP) is 3.95. The Hall–Kier alpha value is -3.08. The molecule has 122 valence electrons. The normalized spacial score (nSPS) is 10.5. The number of para-hydroxylation sites is 1. The smallest absolute Gasteiger partial charge is 0.345 e. The lowest BCUT2D eigenvalue weighted by Crippen LogP contribution is -2.08. The molecule has 1 N–H and O–H groups in total. The Bertz CT molecular complexity index is 867. The second kappa shape index (κ2) is 7.00. The molecule has 2 aromatic carbocycles. The number of benzene rings is 2. The minimum Gasteiger partial charge on any atom is -0.462 e. The second-order valence-electron chi connectivity index (χ2n) is 5.30. The molecule has 5 heteroatoms. The quantitative estimate of drug-likeness (QED) is 0.570. The van der Waals surface area contributed by atoms with Crippen molar-refractivity contribution in [2.45, 2.75) is 13.3 Å². The van der Waals surface area contributed by atoms with Gasteiger partial charge in [0.2, 0.25) is 0 Å². The first-order chi connectivity index (χ1) is 11.7. The summed E-state index contributed by atoms with van der Waals surface area (Å²) < 4.78 is 10.5. The zero-order valence-electron chi connectivity index (χ0n) is 13.2. The minimum absolute atomic E-state index is 0.368. The van der Waals surface area contributed by atoms with Crippen LogP contribution in [0, 0.1) is 0 Å². The van der Waals surface area contributed by atoms with E-state index in [1.807, 2.05) is 13.0 Å². The van der Waals surface area contributed by atoms with Crippen LogP contribution in [0.3, 0.4) is 0 Å². The average Bonchev–Trinajstić information content (AvgIpc) is 3.03. The topological polar surface area (TPSA) is 68.4 Å². The molecule has 24 heavy (non-hydrogen) atoms. The second-order valence-corrected chi connectivity index (χ2v) is 5.30. The van der Waals surface area contributed by atoms with Crippen LogP contribution in [0.4, 0.5) is 0 Å². The Morgan fingerprint density at radius 2 is 1.83 bits per heavy atom. The van der Waals surface area contributed by atoms with E-state index in [9.17, 15) is 9.59 Å². The summed E-state index contributed by atoms with van der Waals surface area (Å²) in [6.45, 7) is 2.30. The number of fused-ring (bicyclic) bond motifs is 1. The maximum atomic E-state index is 12.4. The molecule has 0 aliphatic heterocycles. The van der Waals surface area contributed by atoms with Crippen LogP contribution >= 0.6 is 0 Å². The maximum absolute atomic E-state index is 12.4.